The molecule has 1 amide bonds. The number of likely N-dealkylation sites (N-methyl/N-ethyl adjacent to an activating group) is 1. The zero-order valence-corrected chi connectivity index (χ0v) is 17.1. The maximum Gasteiger partial charge on any atom is 0.273 e. The summed E-state index contributed by atoms with van der Waals surface area (Å²) in [4.78, 5) is 15.9. The number of carbonyl (C=O) groups is 1. The van der Waals surface area contributed by atoms with Crippen LogP contribution in [0.25, 0.3) is 11.3 Å². The van der Waals surface area contributed by atoms with Crippen molar-refractivity contribution in [2.45, 2.75) is 31.7 Å². The van der Waals surface area contributed by atoms with Gasteiger partial charge in [-0.05, 0) is 68.4 Å². The lowest BCUT2D eigenvalue weighted by atomic mass is 9.90. The maximum atomic E-state index is 12.6. The highest BCUT2D eigenvalue weighted by Crippen LogP contribution is 2.28. The molecule has 0 saturated heterocycles. The van der Waals surface area contributed by atoms with Crippen LogP contribution in [0.15, 0.2) is 46.3 Å². The van der Waals surface area contributed by atoms with Crippen molar-refractivity contribution in [3.05, 3.63) is 63.5 Å². The molecule has 146 valence electrons. The molecule has 5 nitrogen and oxygen atoms in total. The highest BCUT2D eigenvalue weighted by molar-refractivity contribution is 7.10. The summed E-state index contributed by atoms with van der Waals surface area (Å²) in [5.74, 6) is 0.428. The predicted octanol–water partition coefficient (Wildman–Crippen LogP) is 4.31. The molecule has 2 heterocycles. The molecule has 4 rings (SSSR count). The summed E-state index contributed by atoms with van der Waals surface area (Å²) in [6, 6.07) is 12.4. The number of nitrogens with zero attached hydrogens (tertiary/aromatic N) is 2. The number of amides is 1. The fourth-order valence-corrected chi connectivity index (χ4v) is 4.63. The van der Waals surface area contributed by atoms with Crippen LogP contribution in [0.2, 0.25) is 0 Å². The number of aromatic nitrogens is 1. The average molecular weight is 396 g/mol. The first-order chi connectivity index (χ1) is 13.6. The SMILES string of the molecule is CN(C)[C@H](CNC(=O)c1cc(-c2ccc3c(c2)CCCC3)on1)c1cccs1. The smallest absolute Gasteiger partial charge is 0.273 e. The molecule has 1 N–H and O–H groups in total. The number of nitrogens with one attached hydrogen (secondary N) is 1. The van der Waals surface area contributed by atoms with Gasteiger partial charge in [-0.25, -0.2) is 0 Å². The van der Waals surface area contributed by atoms with Gasteiger partial charge in [0, 0.05) is 23.1 Å². The van der Waals surface area contributed by atoms with Gasteiger partial charge in [0.1, 0.15) is 0 Å². The summed E-state index contributed by atoms with van der Waals surface area (Å²) < 4.78 is 5.47. The molecule has 0 aliphatic heterocycles. The summed E-state index contributed by atoms with van der Waals surface area (Å²) >= 11 is 1.69. The largest absolute Gasteiger partial charge is 0.355 e. The van der Waals surface area contributed by atoms with Crippen molar-refractivity contribution in [1.29, 1.82) is 0 Å². The fraction of sp³-hybridized carbons (Fsp3) is 0.364. The zero-order chi connectivity index (χ0) is 19.5. The molecular formula is C22H25N3O2S. The van der Waals surface area contributed by atoms with E-state index < -0.39 is 0 Å². The third-order valence-corrected chi connectivity index (χ3v) is 6.30. The van der Waals surface area contributed by atoms with Crippen molar-refractivity contribution in [1.82, 2.24) is 15.4 Å². The standard InChI is InChI=1S/C22H25N3O2S/c1-25(2)19(21-8-5-11-28-21)14-23-22(26)18-13-20(27-24-18)17-10-9-15-6-3-4-7-16(15)12-17/h5,8-13,19H,3-4,6-7,14H2,1-2H3,(H,23,26)/t19-/m1/s1. The first-order valence-electron chi connectivity index (χ1n) is 9.69. The lowest BCUT2D eigenvalue weighted by molar-refractivity contribution is 0.0933. The van der Waals surface area contributed by atoms with Gasteiger partial charge in [-0.1, -0.05) is 23.4 Å². The number of fused-ring (bicyclic) bond motifs is 1. The number of rotatable bonds is 6. The number of benzene rings is 1. The number of carbonyl (C=O) groups excluding carboxylic acids is 1. The van der Waals surface area contributed by atoms with Crippen LogP contribution in [0.1, 0.15) is 45.4 Å². The van der Waals surface area contributed by atoms with Gasteiger partial charge in [-0.15, -0.1) is 11.3 Å². The lowest BCUT2D eigenvalue weighted by Crippen LogP contribution is -2.34. The van der Waals surface area contributed by atoms with Gasteiger partial charge in [0.25, 0.3) is 5.91 Å². The van der Waals surface area contributed by atoms with Crippen molar-refractivity contribution in [3.8, 4) is 11.3 Å². The fourth-order valence-electron chi connectivity index (χ4n) is 3.70. The quantitative estimate of drug-likeness (QED) is 0.675. The van der Waals surface area contributed by atoms with E-state index in [-0.39, 0.29) is 11.9 Å². The van der Waals surface area contributed by atoms with Crippen molar-refractivity contribution in [2.75, 3.05) is 20.6 Å². The van der Waals surface area contributed by atoms with E-state index in [0.29, 0.717) is 18.0 Å². The van der Waals surface area contributed by atoms with Gasteiger partial charge in [-0.2, -0.15) is 0 Å². The van der Waals surface area contributed by atoms with Crippen molar-refractivity contribution in [3.63, 3.8) is 0 Å². The highest BCUT2D eigenvalue weighted by Gasteiger charge is 2.19. The van der Waals surface area contributed by atoms with Gasteiger partial charge in [0.05, 0.1) is 6.04 Å². The Hall–Kier alpha value is -2.44. The van der Waals surface area contributed by atoms with Gasteiger partial charge < -0.3 is 14.7 Å². The van der Waals surface area contributed by atoms with E-state index in [4.69, 9.17) is 4.52 Å². The Balaban J connectivity index is 1.44. The Kier molecular flexibility index (Phi) is 5.59. The second-order valence-electron chi connectivity index (χ2n) is 7.47. The molecule has 6 heteroatoms. The number of thiophene rings is 1. The van der Waals surface area contributed by atoms with Gasteiger partial charge in [0.15, 0.2) is 11.5 Å². The molecule has 0 saturated carbocycles. The summed E-state index contributed by atoms with van der Waals surface area (Å²) in [6.07, 6.45) is 4.76. The molecule has 0 radical (unpaired) electrons. The number of hydrogen-bond acceptors (Lipinski definition) is 5. The van der Waals surface area contributed by atoms with Crippen LogP contribution in [-0.2, 0) is 12.8 Å². The average Bonchev–Trinajstić information content (AvgIpc) is 3.40. The molecule has 28 heavy (non-hydrogen) atoms. The van der Waals surface area contributed by atoms with Crippen LogP contribution >= 0.6 is 11.3 Å². The Morgan fingerprint density at radius 1 is 1.21 bits per heavy atom. The molecule has 1 aromatic carbocycles. The molecule has 0 spiro atoms. The predicted molar refractivity (Wildman–Crippen MR) is 112 cm³/mol. The minimum atomic E-state index is -0.212. The lowest BCUT2D eigenvalue weighted by Gasteiger charge is -2.23. The van der Waals surface area contributed by atoms with Crippen molar-refractivity contribution in [2.24, 2.45) is 0 Å². The number of aryl methyl sites for hydroxylation is 2. The minimum Gasteiger partial charge on any atom is -0.355 e. The van der Waals surface area contributed by atoms with Crippen LogP contribution < -0.4 is 5.32 Å². The molecule has 3 aromatic rings. The Morgan fingerprint density at radius 3 is 2.79 bits per heavy atom. The van der Waals surface area contributed by atoms with E-state index in [1.54, 1.807) is 17.4 Å². The zero-order valence-electron chi connectivity index (χ0n) is 16.3. The van der Waals surface area contributed by atoms with Crippen molar-refractivity contribution >= 4 is 17.2 Å². The van der Waals surface area contributed by atoms with Gasteiger partial charge in [0.2, 0.25) is 0 Å². The second kappa shape index (κ2) is 8.29. The molecular weight excluding hydrogens is 370 g/mol. The molecule has 1 aliphatic rings. The summed E-state index contributed by atoms with van der Waals surface area (Å²) in [5, 5.41) is 9.03. The van der Waals surface area contributed by atoms with E-state index in [2.05, 4.69) is 45.0 Å². The van der Waals surface area contributed by atoms with Crippen LogP contribution in [0.5, 0.6) is 0 Å². The monoisotopic (exact) mass is 395 g/mol. The number of hydrogen-bond donors (Lipinski definition) is 1. The van der Waals surface area contributed by atoms with E-state index in [9.17, 15) is 4.79 Å². The van der Waals surface area contributed by atoms with Crippen LogP contribution in [-0.4, -0.2) is 36.6 Å². The van der Waals surface area contributed by atoms with E-state index in [1.165, 1.54) is 28.8 Å². The topological polar surface area (TPSA) is 58.4 Å². The Labute approximate surface area is 169 Å². The minimum absolute atomic E-state index is 0.135. The summed E-state index contributed by atoms with van der Waals surface area (Å²) in [7, 11) is 4.03. The molecule has 0 fully saturated rings. The summed E-state index contributed by atoms with van der Waals surface area (Å²) in [5.41, 5.74) is 4.11. The Morgan fingerprint density at radius 2 is 2.04 bits per heavy atom. The first kappa shape index (κ1) is 18.9. The van der Waals surface area contributed by atoms with E-state index in [0.717, 1.165) is 18.4 Å². The Bertz CT molecular complexity index is 947. The molecule has 0 unspecified atom stereocenters. The first-order valence-corrected chi connectivity index (χ1v) is 10.6. The van der Waals surface area contributed by atoms with Crippen LogP contribution in [0.3, 0.4) is 0 Å². The normalized spacial score (nSPS) is 14.7. The summed E-state index contributed by atoms with van der Waals surface area (Å²) in [6.45, 7) is 0.521. The molecule has 2 aromatic heterocycles. The van der Waals surface area contributed by atoms with E-state index >= 15 is 0 Å². The highest BCUT2D eigenvalue weighted by atomic mass is 32.1. The third kappa shape index (κ3) is 4.03. The van der Waals surface area contributed by atoms with E-state index in [1.807, 2.05) is 20.2 Å². The van der Waals surface area contributed by atoms with Gasteiger partial charge in [-0.3, -0.25) is 4.79 Å². The van der Waals surface area contributed by atoms with Gasteiger partial charge >= 0.3 is 0 Å². The van der Waals surface area contributed by atoms with Crippen LogP contribution in [0, 0.1) is 0 Å². The van der Waals surface area contributed by atoms with Crippen molar-refractivity contribution < 1.29 is 9.32 Å². The van der Waals surface area contributed by atoms with Crippen LogP contribution in [0.4, 0.5) is 0 Å². The maximum absolute atomic E-state index is 12.6. The molecule has 0 bridgehead atoms. The molecule has 1 atom stereocenters. The molecule has 1 aliphatic carbocycles. The second-order valence-corrected chi connectivity index (χ2v) is 8.45. The third-order valence-electron chi connectivity index (χ3n) is 5.33.